The minimum atomic E-state index is -1.94. The fourth-order valence-electron chi connectivity index (χ4n) is 2.61. The van der Waals surface area contributed by atoms with Gasteiger partial charge in [-0.2, -0.15) is 0 Å². The summed E-state index contributed by atoms with van der Waals surface area (Å²) in [6.07, 6.45) is 1.90. The second-order valence-corrected chi connectivity index (χ2v) is 6.12. The largest absolute Gasteiger partial charge is 0.464 e. The first kappa shape index (κ1) is 19.0. The zero-order valence-corrected chi connectivity index (χ0v) is 15.5. The summed E-state index contributed by atoms with van der Waals surface area (Å²) in [6, 6.07) is 5.57. The van der Waals surface area contributed by atoms with Gasteiger partial charge in [0, 0.05) is 22.5 Å². The van der Waals surface area contributed by atoms with Gasteiger partial charge in [0.25, 0.3) is 0 Å². The van der Waals surface area contributed by atoms with Gasteiger partial charge >= 0.3 is 11.9 Å². The highest BCUT2D eigenvalue weighted by Crippen LogP contribution is 2.29. The van der Waals surface area contributed by atoms with Crippen LogP contribution in [-0.4, -0.2) is 42.1 Å². The molecule has 134 valence electrons. The van der Waals surface area contributed by atoms with Gasteiger partial charge in [-0.3, -0.25) is 4.79 Å². The van der Waals surface area contributed by atoms with E-state index in [-0.39, 0.29) is 19.6 Å². The Labute approximate surface area is 153 Å². The standard InChI is InChI=1S/C17H19BrN2O5/c1-3-24-15(22)17(20-10-21,16(23)25-4-2)8-11-9-19-14-12(11)6-5-7-13(14)18/h5-7,9-10,19H,3-4,8H2,1-2H3,(H,20,21). The van der Waals surface area contributed by atoms with Gasteiger partial charge in [0.2, 0.25) is 11.9 Å². The third-order valence-corrected chi connectivity index (χ3v) is 4.42. The highest BCUT2D eigenvalue weighted by atomic mass is 79.9. The summed E-state index contributed by atoms with van der Waals surface area (Å²) >= 11 is 3.44. The van der Waals surface area contributed by atoms with Crippen LogP contribution in [0.15, 0.2) is 28.9 Å². The van der Waals surface area contributed by atoms with Gasteiger partial charge in [-0.25, -0.2) is 9.59 Å². The van der Waals surface area contributed by atoms with E-state index in [9.17, 15) is 14.4 Å². The van der Waals surface area contributed by atoms with Crippen LogP contribution in [0.25, 0.3) is 10.9 Å². The van der Waals surface area contributed by atoms with Gasteiger partial charge in [-0.15, -0.1) is 0 Å². The molecule has 2 rings (SSSR count). The smallest absolute Gasteiger partial charge is 0.344 e. The van der Waals surface area contributed by atoms with Crippen LogP contribution in [0.5, 0.6) is 0 Å². The second-order valence-electron chi connectivity index (χ2n) is 5.26. The van der Waals surface area contributed by atoms with Gasteiger partial charge in [0.05, 0.1) is 18.7 Å². The second kappa shape index (κ2) is 8.15. The monoisotopic (exact) mass is 410 g/mol. The number of rotatable bonds is 8. The van der Waals surface area contributed by atoms with Crippen LogP contribution >= 0.6 is 15.9 Å². The number of hydrogen-bond acceptors (Lipinski definition) is 5. The highest BCUT2D eigenvalue weighted by molar-refractivity contribution is 9.10. The molecule has 2 aromatic rings. The number of nitrogens with one attached hydrogen (secondary N) is 2. The van der Waals surface area contributed by atoms with Crippen molar-refractivity contribution < 1.29 is 23.9 Å². The number of H-pyrrole nitrogens is 1. The molecule has 0 fully saturated rings. The summed E-state index contributed by atoms with van der Waals surface area (Å²) in [5, 5.41) is 3.15. The van der Waals surface area contributed by atoms with Crippen LogP contribution in [-0.2, 0) is 30.3 Å². The Morgan fingerprint density at radius 3 is 2.44 bits per heavy atom. The first-order valence-corrected chi connectivity index (χ1v) is 8.59. The van der Waals surface area contributed by atoms with Gasteiger partial charge < -0.3 is 19.8 Å². The number of amides is 1. The summed E-state index contributed by atoms with van der Waals surface area (Å²) in [5.74, 6) is -1.71. The SMILES string of the molecule is CCOC(=O)C(Cc1c[nH]c2c(Br)cccc12)(NC=O)C(=O)OCC. The normalized spacial score (nSPS) is 11.2. The van der Waals surface area contributed by atoms with E-state index < -0.39 is 17.5 Å². The Kier molecular flexibility index (Phi) is 6.19. The average Bonchev–Trinajstić information content (AvgIpc) is 2.99. The highest BCUT2D eigenvalue weighted by Gasteiger charge is 2.49. The van der Waals surface area contributed by atoms with E-state index in [4.69, 9.17) is 9.47 Å². The van der Waals surface area contributed by atoms with Crippen molar-refractivity contribution in [3.8, 4) is 0 Å². The fourth-order valence-corrected chi connectivity index (χ4v) is 3.09. The van der Waals surface area contributed by atoms with Gasteiger partial charge in [0.1, 0.15) is 0 Å². The van der Waals surface area contributed by atoms with Crippen molar-refractivity contribution in [3.63, 3.8) is 0 Å². The molecule has 0 saturated heterocycles. The number of carbonyl (C=O) groups is 3. The maximum Gasteiger partial charge on any atom is 0.344 e. The maximum absolute atomic E-state index is 12.5. The molecule has 0 radical (unpaired) electrons. The quantitative estimate of drug-likeness (QED) is 0.394. The number of carbonyl (C=O) groups excluding carboxylic acids is 3. The number of hydrogen-bond donors (Lipinski definition) is 2. The average molecular weight is 411 g/mol. The molecule has 1 amide bonds. The Morgan fingerprint density at radius 2 is 1.88 bits per heavy atom. The van der Waals surface area contributed by atoms with Crippen molar-refractivity contribution in [1.29, 1.82) is 0 Å². The predicted molar refractivity (Wildman–Crippen MR) is 94.9 cm³/mol. The third kappa shape index (κ3) is 3.68. The summed E-state index contributed by atoms with van der Waals surface area (Å²) < 4.78 is 10.9. The summed E-state index contributed by atoms with van der Waals surface area (Å²) in [6.45, 7) is 3.38. The van der Waals surface area contributed by atoms with E-state index in [0.29, 0.717) is 12.0 Å². The molecule has 0 aliphatic heterocycles. The van der Waals surface area contributed by atoms with Crippen LogP contribution < -0.4 is 5.32 Å². The lowest BCUT2D eigenvalue weighted by atomic mass is 9.90. The van der Waals surface area contributed by atoms with Crippen LogP contribution in [0.4, 0.5) is 0 Å². The van der Waals surface area contributed by atoms with Gasteiger partial charge in [-0.1, -0.05) is 12.1 Å². The number of para-hydroxylation sites is 1. The zero-order chi connectivity index (χ0) is 18.4. The number of aromatic nitrogens is 1. The molecule has 1 aromatic carbocycles. The van der Waals surface area contributed by atoms with Crippen molar-refractivity contribution in [2.75, 3.05) is 13.2 Å². The topological polar surface area (TPSA) is 97.5 Å². The van der Waals surface area contributed by atoms with E-state index in [2.05, 4.69) is 26.2 Å². The minimum Gasteiger partial charge on any atom is -0.464 e. The number of benzene rings is 1. The van der Waals surface area contributed by atoms with Crippen molar-refractivity contribution >= 4 is 45.2 Å². The minimum absolute atomic E-state index is 0.0694. The molecule has 7 nitrogen and oxygen atoms in total. The van der Waals surface area contributed by atoms with E-state index in [1.807, 2.05) is 18.2 Å². The van der Waals surface area contributed by atoms with E-state index >= 15 is 0 Å². The molecule has 0 aliphatic carbocycles. The van der Waals surface area contributed by atoms with Crippen LogP contribution in [0.2, 0.25) is 0 Å². The molecule has 1 aromatic heterocycles. The first-order chi connectivity index (χ1) is 12.0. The van der Waals surface area contributed by atoms with E-state index in [1.165, 1.54) is 0 Å². The summed E-state index contributed by atoms with van der Waals surface area (Å²) in [4.78, 5) is 39.3. The van der Waals surface area contributed by atoms with E-state index in [0.717, 1.165) is 15.4 Å². The Morgan fingerprint density at radius 1 is 1.24 bits per heavy atom. The lowest BCUT2D eigenvalue weighted by Crippen LogP contribution is -2.60. The third-order valence-electron chi connectivity index (χ3n) is 3.76. The molecule has 0 saturated carbocycles. The van der Waals surface area contributed by atoms with Crippen molar-refractivity contribution in [3.05, 3.63) is 34.4 Å². The van der Waals surface area contributed by atoms with Crippen LogP contribution in [0.3, 0.4) is 0 Å². The molecule has 0 bridgehead atoms. The molecule has 0 spiro atoms. The molecule has 0 aliphatic rings. The molecule has 0 unspecified atom stereocenters. The fraction of sp³-hybridized carbons (Fsp3) is 0.353. The first-order valence-electron chi connectivity index (χ1n) is 7.80. The zero-order valence-electron chi connectivity index (χ0n) is 13.9. The summed E-state index contributed by atoms with van der Waals surface area (Å²) in [5.41, 5.74) is -0.442. The molecule has 2 N–H and O–H groups in total. The van der Waals surface area contributed by atoms with Gasteiger partial charge in [-0.05, 0) is 41.4 Å². The maximum atomic E-state index is 12.5. The molecule has 25 heavy (non-hydrogen) atoms. The van der Waals surface area contributed by atoms with Crippen molar-refractivity contribution in [2.45, 2.75) is 25.8 Å². The molecule has 8 heteroatoms. The number of fused-ring (bicyclic) bond motifs is 1. The Bertz CT molecular complexity index is 768. The molecule has 1 heterocycles. The molecule has 0 atom stereocenters. The lowest BCUT2D eigenvalue weighted by molar-refractivity contribution is -0.167. The summed E-state index contributed by atoms with van der Waals surface area (Å²) in [7, 11) is 0. The van der Waals surface area contributed by atoms with Crippen LogP contribution in [0, 0.1) is 0 Å². The Hall–Kier alpha value is -2.35. The van der Waals surface area contributed by atoms with Crippen molar-refractivity contribution in [2.24, 2.45) is 0 Å². The van der Waals surface area contributed by atoms with Crippen LogP contribution in [0.1, 0.15) is 19.4 Å². The number of ether oxygens (including phenoxy) is 2. The molecular weight excluding hydrogens is 392 g/mol. The number of aromatic amines is 1. The number of esters is 2. The van der Waals surface area contributed by atoms with Crippen molar-refractivity contribution in [1.82, 2.24) is 10.3 Å². The van der Waals surface area contributed by atoms with Gasteiger partial charge in [0.15, 0.2) is 0 Å². The lowest BCUT2D eigenvalue weighted by Gasteiger charge is -2.28. The molecular formula is C17H19BrN2O5. The predicted octanol–water partition coefficient (Wildman–Crippen LogP) is 2.08. The van der Waals surface area contributed by atoms with E-state index in [1.54, 1.807) is 20.0 Å². The Balaban J connectivity index is 2.53. The number of halogens is 1.